The van der Waals surface area contributed by atoms with E-state index in [2.05, 4.69) is 4.90 Å². The summed E-state index contributed by atoms with van der Waals surface area (Å²) in [5.74, 6) is 0.363. The lowest BCUT2D eigenvalue weighted by Crippen LogP contribution is -2.29. The molecule has 0 amide bonds. The van der Waals surface area contributed by atoms with Gasteiger partial charge in [0.2, 0.25) is 0 Å². The average molecular weight is 280 g/mol. The molecule has 1 saturated carbocycles. The van der Waals surface area contributed by atoms with Gasteiger partial charge < -0.3 is 10.6 Å². The molecule has 2 N–H and O–H groups in total. The van der Waals surface area contributed by atoms with Gasteiger partial charge in [0.15, 0.2) is 0 Å². The fraction of sp³-hybridized carbons (Fsp3) is 0.533. The summed E-state index contributed by atoms with van der Waals surface area (Å²) in [7, 11) is 1.99. The summed E-state index contributed by atoms with van der Waals surface area (Å²) in [6.45, 7) is 0.944. The quantitative estimate of drug-likeness (QED) is 0.856. The summed E-state index contributed by atoms with van der Waals surface area (Å²) >= 11 is 4.97. The van der Waals surface area contributed by atoms with Gasteiger partial charge in [-0.05, 0) is 30.9 Å². The number of rotatable bonds is 4. The van der Waals surface area contributed by atoms with Crippen molar-refractivity contribution in [2.45, 2.75) is 32.1 Å². The van der Waals surface area contributed by atoms with Crippen LogP contribution in [-0.2, 0) is 0 Å². The monoisotopic (exact) mass is 280 g/mol. The molecule has 1 aromatic carbocycles. The maximum atomic E-state index is 13.8. The topological polar surface area (TPSA) is 29.3 Å². The highest BCUT2D eigenvalue weighted by Gasteiger charge is 2.19. The summed E-state index contributed by atoms with van der Waals surface area (Å²) in [5, 5.41) is 0. The lowest BCUT2D eigenvalue weighted by molar-refractivity contribution is 0.362. The van der Waals surface area contributed by atoms with Crippen LogP contribution in [0.1, 0.15) is 37.7 Å². The second-order valence-electron chi connectivity index (χ2n) is 5.38. The van der Waals surface area contributed by atoms with Gasteiger partial charge >= 0.3 is 0 Å². The highest BCUT2D eigenvalue weighted by molar-refractivity contribution is 7.80. The molecule has 0 aromatic heterocycles. The molecular formula is C15H21FN2S. The van der Waals surface area contributed by atoms with Gasteiger partial charge in [0.25, 0.3) is 0 Å². The van der Waals surface area contributed by atoms with Gasteiger partial charge in [-0.3, -0.25) is 0 Å². The number of hydrogen-bond acceptors (Lipinski definition) is 2. The van der Waals surface area contributed by atoms with E-state index in [1.54, 1.807) is 6.07 Å². The van der Waals surface area contributed by atoms with Crippen LogP contribution >= 0.6 is 12.2 Å². The molecule has 0 bridgehead atoms. The molecule has 0 saturated heterocycles. The summed E-state index contributed by atoms with van der Waals surface area (Å²) in [4.78, 5) is 2.22. The maximum Gasteiger partial charge on any atom is 0.135 e. The molecule has 0 spiro atoms. The van der Waals surface area contributed by atoms with Crippen molar-refractivity contribution in [3.63, 3.8) is 0 Å². The van der Waals surface area contributed by atoms with Crippen molar-refractivity contribution in [2.24, 2.45) is 11.7 Å². The first-order chi connectivity index (χ1) is 9.09. The van der Waals surface area contributed by atoms with Crippen LogP contribution in [0.25, 0.3) is 0 Å². The van der Waals surface area contributed by atoms with E-state index >= 15 is 0 Å². The number of thiocarbonyl (C=S) groups is 1. The summed E-state index contributed by atoms with van der Waals surface area (Å²) in [6, 6.07) is 5.01. The molecule has 0 aliphatic heterocycles. The highest BCUT2D eigenvalue weighted by Crippen LogP contribution is 2.28. The van der Waals surface area contributed by atoms with Gasteiger partial charge in [-0.2, -0.15) is 0 Å². The van der Waals surface area contributed by atoms with Crippen molar-refractivity contribution >= 4 is 22.9 Å². The zero-order valence-corrected chi connectivity index (χ0v) is 12.2. The van der Waals surface area contributed by atoms with Crippen LogP contribution in [0.2, 0.25) is 0 Å². The van der Waals surface area contributed by atoms with Crippen LogP contribution in [0, 0.1) is 11.7 Å². The number of nitrogens with zero attached hydrogens (tertiary/aromatic N) is 1. The smallest absolute Gasteiger partial charge is 0.135 e. The summed E-state index contributed by atoms with van der Waals surface area (Å²) in [5.41, 5.74) is 6.83. The molecule has 0 heterocycles. The minimum Gasteiger partial charge on any atom is -0.389 e. The van der Waals surface area contributed by atoms with Crippen LogP contribution in [-0.4, -0.2) is 18.6 Å². The van der Waals surface area contributed by atoms with Crippen molar-refractivity contribution in [2.75, 3.05) is 18.5 Å². The first-order valence-electron chi connectivity index (χ1n) is 6.89. The Morgan fingerprint density at radius 1 is 1.37 bits per heavy atom. The molecule has 0 unspecified atom stereocenters. The van der Waals surface area contributed by atoms with E-state index in [1.165, 1.54) is 38.2 Å². The molecule has 0 atom stereocenters. The lowest BCUT2D eigenvalue weighted by atomic mass is 9.89. The molecule has 104 valence electrons. The van der Waals surface area contributed by atoms with Crippen LogP contribution < -0.4 is 10.6 Å². The van der Waals surface area contributed by atoms with Gasteiger partial charge in [-0.1, -0.05) is 37.5 Å². The minimum atomic E-state index is -0.333. The molecule has 2 rings (SSSR count). The van der Waals surface area contributed by atoms with E-state index in [-0.39, 0.29) is 10.8 Å². The van der Waals surface area contributed by atoms with E-state index in [1.807, 2.05) is 13.1 Å². The molecule has 1 aliphatic carbocycles. The molecule has 1 fully saturated rings. The van der Waals surface area contributed by atoms with Crippen LogP contribution in [0.5, 0.6) is 0 Å². The molecule has 0 radical (unpaired) electrons. The molecular weight excluding hydrogens is 259 g/mol. The molecule has 1 aromatic rings. The predicted octanol–water partition coefficient (Wildman–Crippen LogP) is 3.48. The molecule has 4 heteroatoms. The van der Waals surface area contributed by atoms with E-state index < -0.39 is 0 Å². The van der Waals surface area contributed by atoms with Crippen molar-refractivity contribution in [3.8, 4) is 0 Å². The van der Waals surface area contributed by atoms with Gasteiger partial charge in [0.05, 0.1) is 5.56 Å². The van der Waals surface area contributed by atoms with Gasteiger partial charge in [0, 0.05) is 19.3 Å². The lowest BCUT2D eigenvalue weighted by Gasteiger charge is -2.29. The number of anilines is 1. The van der Waals surface area contributed by atoms with E-state index in [9.17, 15) is 4.39 Å². The third kappa shape index (κ3) is 3.44. The second kappa shape index (κ2) is 6.33. The summed E-state index contributed by atoms with van der Waals surface area (Å²) in [6.07, 6.45) is 6.50. The van der Waals surface area contributed by atoms with Crippen molar-refractivity contribution < 1.29 is 4.39 Å². The number of nitrogens with two attached hydrogens (primary N) is 1. The fourth-order valence-electron chi connectivity index (χ4n) is 2.93. The SMILES string of the molecule is CN(CC1CCCCC1)c1cccc(F)c1C(N)=S. The predicted molar refractivity (Wildman–Crippen MR) is 82.1 cm³/mol. The Morgan fingerprint density at radius 2 is 2.05 bits per heavy atom. The third-order valence-corrected chi connectivity index (χ3v) is 4.11. The number of hydrogen-bond donors (Lipinski definition) is 1. The van der Waals surface area contributed by atoms with Crippen LogP contribution in [0.15, 0.2) is 18.2 Å². The van der Waals surface area contributed by atoms with Gasteiger partial charge in [-0.25, -0.2) is 4.39 Å². The number of halogens is 1. The van der Waals surface area contributed by atoms with Crippen LogP contribution in [0.4, 0.5) is 10.1 Å². The largest absolute Gasteiger partial charge is 0.389 e. The minimum absolute atomic E-state index is 0.128. The Kier molecular flexibility index (Phi) is 4.75. The first kappa shape index (κ1) is 14.3. The number of benzene rings is 1. The average Bonchev–Trinajstić information content (AvgIpc) is 2.39. The standard InChI is InChI=1S/C15H21FN2S/c1-18(10-11-6-3-2-4-7-11)13-9-5-8-12(16)14(13)15(17)19/h5,8-9,11H,2-4,6-7,10H2,1H3,(H2,17,19). The van der Waals surface area contributed by atoms with Crippen molar-refractivity contribution in [3.05, 3.63) is 29.6 Å². The maximum absolute atomic E-state index is 13.8. The fourth-order valence-corrected chi connectivity index (χ4v) is 3.13. The Labute approximate surface area is 119 Å². The van der Waals surface area contributed by atoms with Crippen LogP contribution in [0.3, 0.4) is 0 Å². The van der Waals surface area contributed by atoms with E-state index in [4.69, 9.17) is 18.0 Å². The summed E-state index contributed by atoms with van der Waals surface area (Å²) < 4.78 is 13.8. The molecule has 2 nitrogen and oxygen atoms in total. The van der Waals surface area contributed by atoms with Gasteiger partial charge in [-0.15, -0.1) is 0 Å². The van der Waals surface area contributed by atoms with E-state index in [0.717, 1.165) is 12.2 Å². The Morgan fingerprint density at radius 3 is 2.68 bits per heavy atom. The zero-order valence-electron chi connectivity index (χ0n) is 11.4. The highest BCUT2D eigenvalue weighted by atomic mass is 32.1. The van der Waals surface area contributed by atoms with Gasteiger partial charge in [0.1, 0.15) is 10.8 Å². The van der Waals surface area contributed by atoms with E-state index in [0.29, 0.717) is 11.5 Å². The van der Waals surface area contributed by atoms with Crippen molar-refractivity contribution in [1.82, 2.24) is 0 Å². The Balaban J connectivity index is 2.16. The van der Waals surface area contributed by atoms with Crippen molar-refractivity contribution in [1.29, 1.82) is 0 Å². The third-order valence-electron chi connectivity index (χ3n) is 3.91. The normalized spacial score (nSPS) is 16.3. The Hall–Kier alpha value is -1.16. The second-order valence-corrected chi connectivity index (χ2v) is 5.82. The zero-order chi connectivity index (χ0) is 13.8. The molecule has 19 heavy (non-hydrogen) atoms. The molecule has 1 aliphatic rings. The first-order valence-corrected chi connectivity index (χ1v) is 7.30. The Bertz CT molecular complexity index is 455.